The zero-order chi connectivity index (χ0) is 9.80. The van der Waals surface area contributed by atoms with Gasteiger partial charge in [-0.3, -0.25) is 4.79 Å². The summed E-state index contributed by atoms with van der Waals surface area (Å²) in [5.74, 6) is 0.436. The van der Waals surface area contributed by atoms with Gasteiger partial charge in [-0.1, -0.05) is 30.3 Å². The molecule has 0 N–H and O–H groups in total. The summed E-state index contributed by atoms with van der Waals surface area (Å²) in [6.45, 7) is 0.568. The highest BCUT2D eigenvalue weighted by Gasteiger charge is 2.18. The van der Waals surface area contributed by atoms with Crippen LogP contribution in [-0.2, 0) is 9.53 Å². The first kappa shape index (κ1) is 9.25. The molecule has 0 saturated carbocycles. The number of benzene rings is 1. The maximum atomic E-state index is 11.0. The Hall–Kier alpha value is -1.31. The lowest BCUT2D eigenvalue weighted by atomic mass is 9.92. The smallest absolute Gasteiger partial charge is 0.305 e. The van der Waals surface area contributed by atoms with E-state index in [1.165, 1.54) is 5.56 Å². The second-order valence-corrected chi connectivity index (χ2v) is 3.66. The summed E-state index contributed by atoms with van der Waals surface area (Å²) in [7, 11) is 0. The van der Waals surface area contributed by atoms with Crippen LogP contribution in [0.3, 0.4) is 0 Å². The lowest BCUT2D eigenvalue weighted by Crippen LogP contribution is -2.00. The fourth-order valence-electron chi connectivity index (χ4n) is 1.88. The monoisotopic (exact) mass is 190 g/mol. The summed E-state index contributed by atoms with van der Waals surface area (Å²) in [5, 5.41) is 0. The number of esters is 1. The highest BCUT2D eigenvalue weighted by atomic mass is 16.5. The summed E-state index contributed by atoms with van der Waals surface area (Å²) in [6, 6.07) is 10.4. The number of cyclic esters (lactones) is 1. The van der Waals surface area contributed by atoms with E-state index in [1.807, 2.05) is 18.2 Å². The molecule has 1 aromatic rings. The topological polar surface area (TPSA) is 26.3 Å². The average Bonchev–Trinajstić information content (AvgIpc) is 2.44. The molecule has 1 heterocycles. The maximum Gasteiger partial charge on any atom is 0.305 e. The van der Waals surface area contributed by atoms with Crippen molar-refractivity contribution in [2.24, 2.45) is 0 Å². The third kappa shape index (κ3) is 2.13. The minimum atomic E-state index is -0.0524. The van der Waals surface area contributed by atoms with Gasteiger partial charge in [0, 0.05) is 6.42 Å². The largest absolute Gasteiger partial charge is 0.466 e. The van der Waals surface area contributed by atoms with Crippen LogP contribution < -0.4 is 0 Å². The molecule has 1 atom stereocenters. The van der Waals surface area contributed by atoms with Crippen molar-refractivity contribution in [1.29, 1.82) is 0 Å². The second kappa shape index (κ2) is 4.27. The van der Waals surface area contributed by atoms with Crippen molar-refractivity contribution in [2.45, 2.75) is 25.2 Å². The minimum Gasteiger partial charge on any atom is -0.466 e. The summed E-state index contributed by atoms with van der Waals surface area (Å²) < 4.78 is 5.02. The number of rotatable bonds is 1. The first-order chi connectivity index (χ1) is 6.86. The molecule has 1 aliphatic heterocycles. The standard InChI is InChI=1S/C12H14O2/c13-12-7-6-11(8-9-14-12)10-4-2-1-3-5-10/h1-5,11H,6-9H2/t11-/m0/s1. The van der Waals surface area contributed by atoms with Gasteiger partial charge in [-0.15, -0.1) is 0 Å². The first-order valence-corrected chi connectivity index (χ1v) is 5.07. The number of carbonyl (C=O) groups excluding carboxylic acids is 1. The van der Waals surface area contributed by atoms with E-state index in [2.05, 4.69) is 12.1 Å². The Morgan fingerprint density at radius 2 is 1.93 bits per heavy atom. The van der Waals surface area contributed by atoms with Gasteiger partial charge in [-0.05, 0) is 24.3 Å². The Labute approximate surface area is 83.9 Å². The Morgan fingerprint density at radius 3 is 2.71 bits per heavy atom. The van der Waals surface area contributed by atoms with Gasteiger partial charge >= 0.3 is 5.97 Å². The maximum absolute atomic E-state index is 11.0. The molecular weight excluding hydrogens is 176 g/mol. The fourth-order valence-corrected chi connectivity index (χ4v) is 1.88. The van der Waals surface area contributed by atoms with Crippen LogP contribution in [0, 0.1) is 0 Å². The van der Waals surface area contributed by atoms with Crippen LogP contribution in [0.4, 0.5) is 0 Å². The molecule has 1 aliphatic rings. The zero-order valence-corrected chi connectivity index (χ0v) is 8.11. The van der Waals surface area contributed by atoms with E-state index in [4.69, 9.17) is 4.74 Å². The molecular formula is C12H14O2. The van der Waals surface area contributed by atoms with E-state index in [0.717, 1.165) is 12.8 Å². The van der Waals surface area contributed by atoms with Crippen molar-refractivity contribution < 1.29 is 9.53 Å². The summed E-state index contributed by atoms with van der Waals surface area (Å²) >= 11 is 0. The molecule has 14 heavy (non-hydrogen) atoms. The van der Waals surface area contributed by atoms with Crippen molar-refractivity contribution in [3.8, 4) is 0 Å². The van der Waals surface area contributed by atoms with Gasteiger partial charge in [-0.25, -0.2) is 0 Å². The quantitative estimate of drug-likeness (QED) is 0.636. The molecule has 74 valence electrons. The predicted octanol–water partition coefficient (Wildman–Crippen LogP) is 2.50. The molecule has 1 saturated heterocycles. The SMILES string of the molecule is O=C1CC[C@H](c2ccccc2)CCO1. The summed E-state index contributed by atoms with van der Waals surface area (Å²) in [5.41, 5.74) is 1.32. The molecule has 0 aliphatic carbocycles. The van der Waals surface area contributed by atoms with Crippen LogP contribution in [-0.4, -0.2) is 12.6 Å². The van der Waals surface area contributed by atoms with Crippen LogP contribution >= 0.6 is 0 Å². The van der Waals surface area contributed by atoms with Crippen LogP contribution in [0.25, 0.3) is 0 Å². The first-order valence-electron chi connectivity index (χ1n) is 5.07. The molecule has 0 amide bonds. The van der Waals surface area contributed by atoms with Crippen molar-refractivity contribution in [1.82, 2.24) is 0 Å². The number of hydrogen-bond donors (Lipinski definition) is 0. The molecule has 0 unspecified atom stereocenters. The molecule has 0 radical (unpaired) electrons. The Morgan fingerprint density at radius 1 is 1.14 bits per heavy atom. The van der Waals surface area contributed by atoms with E-state index in [9.17, 15) is 4.79 Å². The molecule has 2 heteroatoms. The molecule has 2 nitrogen and oxygen atoms in total. The van der Waals surface area contributed by atoms with Crippen LogP contribution in [0.5, 0.6) is 0 Å². The number of carbonyl (C=O) groups is 1. The third-order valence-corrected chi connectivity index (χ3v) is 2.70. The molecule has 0 aromatic heterocycles. The third-order valence-electron chi connectivity index (χ3n) is 2.70. The van der Waals surface area contributed by atoms with Crippen molar-refractivity contribution >= 4 is 5.97 Å². The van der Waals surface area contributed by atoms with E-state index in [1.54, 1.807) is 0 Å². The van der Waals surface area contributed by atoms with E-state index >= 15 is 0 Å². The minimum absolute atomic E-state index is 0.0524. The average molecular weight is 190 g/mol. The zero-order valence-electron chi connectivity index (χ0n) is 8.11. The van der Waals surface area contributed by atoms with Crippen molar-refractivity contribution in [3.05, 3.63) is 35.9 Å². The normalized spacial score (nSPS) is 22.6. The van der Waals surface area contributed by atoms with Crippen molar-refractivity contribution in [2.75, 3.05) is 6.61 Å². The summed E-state index contributed by atoms with van der Waals surface area (Å²) in [6.07, 6.45) is 2.43. The molecule has 1 aromatic carbocycles. The fraction of sp³-hybridized carbons (Fsp3) is 0.417. The number of ether oxygens (including phenoxy) is 1. The molecule has 2 rings (SSSR count). The molecule has 0 spiro atoms. The van der Waals surface area contributed by atoms with E-state index in [0.29, 0.717) is 18.9 Å². The molecule has 1 fully saturated rings. The van der Waals surface area contributed by atoms with Crippen LogP contribution in [0.15, 0.2) is 30.3 Å². The highest BCUT2D eigenvalue weighted by Crippen LogP contribution is 2.27. The van der Waals surface area contributed by atoms with Gasteiger partial charge in [-0.2, -0.15) is 0 Å². The highest BCUT2D eigenvalue weighted by molar-refractivity contribution is 5.69. The van der Waals surface area contributed by atoms with Crippen LogP contribution in [0.2, 0.25) is 0 Å². The lowest BCUT2D eigenvalue weighted by Gasteiger charge is -2.12. The van der Waals surface area contributed by atoms with E-state index in [-0.39, 0.29) is 5.97 Å². The van der Waals surface area contributed by atoms with Gasteiger partial charge in [0.05, 0.1) is 6.61 Å². The lowest BCUT2D eigenvalue weighted by molar-refractivity contribution is -0.142. The molecule has 0 bridgehead atoms. The van der Waals surface area contributed by atoms with Gasteiger partial charge in [0.1, 0.15) is 0 Å². The Kier molecular flexibility index (Phi) is 2.82. The van der Waals surface area contributed by atoms with Gasteiger partial charge in [0.2, 0.25) is 0 Å². The van der Waals surface area contributed by atoms with Gasteiger partial charge in [0.25, 0.3) is 0 Å². The Balaban J connectivity index is 2.08. The van der Waals surface area contributed by atoms with E-state index < -0.39 is 0 Å². The predicted molar refractivity (Wildman–Crippen MR) is 54.0 cm³/mol. The summed E-state index contributed by atoms with van der Waals surface area (Å²) in [4.78, 5) is 11.0. The van der Waals surface area contributed by atoms with Crippen LogP contribution in [0.1, 0.15) is 30.7 Å². The van der Waals surface area contributed by atoms with Gasteiger partial charge in [0.15, 0.2) is 0 Å². The van der Waals surface area contributed by atoms with Gasteiger partial charge < -0.3 is 4.74 Å². The number of hydrogen-bond acceptors (Lipinski definition) is 2. The van der Waals surface area contributed by atoms with Crippen molar-refractivity contribution in [3.63, 3.8) is 0 Å². The Bertz CT molecular complexity index is 305. The second-order valence-electron chi connectivity index (χ2n) is 3.66.